The molecule has 0 aliphatic rings. The summed E-state index contributed by atoms with van der Waals surface area (Å²) in [6, 6.07) is 5.22. The molecule has 1 unspecified atom stereocenters. The van der Waals surface area contributed by atoms with E-state index in [4.69, 9.17) is 18.0 Å². The minimum Gasteiger partial charge on any atom is -0.435 e. The summed E-state index contributed by atoms with van der Waals surface area (Å²) in [5.74, 6) is -0.324. The molecular weight excluding hydrogens is 274 g/mol. The summed E-state index contributed by atoms with van der Waals surface area (Å²) in [7, 11) is 0. The second kappa shape index (κ2) is 6.98. The van der Waals surface area contributed by atoms with Crippen molar-refractivity contribution in [3.05, 3.63) is 29.8 Å². The van der Waals surface area contributed by atoms with Gasteiger partial charge >= 0.3 is 6.61 Å². The van der Waals surface area contributed by atoms with E-state index in [2.05, 4.69) is 10.1 Å². The quantitative estimate of drug-likeness (QED) is 0.787. The maximum absolute atomic E-state index is 11.9. The fourth-order valence-corrected chi connectivity index (χ4v) is 1.70. The number of ether oxygens (including phenoxy) is 1. The Balaban J connectivity index is 2.60. The summed E-state index contributed by atoms with van der Waals surface area (Å²) in [6.45, 7) is -1.11. The Kier molecular flexibility index (Phi) is 5.62. The lowest BCUT2D eigenvalue weighted by Gasteiger charge is -2.13. The van der Waals surface area contributed by atoms with E-state index in [-0.39, 0.29) is 17.7 Å². The molecule has 0 aliphatic heterocycles. The van der Waals surface area contributed by atoms with Gasteiger partial charge < -0.3 is 15.8 Å². The molecule has 104 valence electrons. The van der Waals surface area contributed by atoms with Gasteiger partial charge in [0, 0.05) is 18.0 Å². The maximum Gasteiger partial charge on any atom is 0.387 e. The Bertz CT molecular complexity index is 452. The topological polar surface area (TPSA) is 64.3 Å². The largest absolute Gasteiger partial charge is 0.435 e. The monoisotopic (exact) mass is 288 g/mol. The van der Waals surface area contributed by atoms with E-state index in [1.807, 2.05) is 0 Å². The standard InChI is InChI=1S/C12H14F2N2O2S/c1-7(6-10(15)19)16-11(17)8-2-4-9(5-3-8)18-12(13)14/h2-5,7,12H,6H2,1H3,(H2,15,19)(H,16,17). The summed E-state index contributed by atoms with van der Waals surface area (Å²) in [5.41, 5.74) is 5.71. The molecule has 7 heteroatoms. The first-order valence-corrected chi connectivity index (χ1v) is 5.93. The van der Waals surface area contributed by atoms with Crippen molar-refractivity contribution in [2.75, 3.05) is 0 Å². The Hall–Kier alpha value is -1.76. The molecule has 0 aliphatic carbocycles. The number of thiocarbonyl (C=S) groups is 1. The molecule has 0 radical (unpaired) electrons. The van der Waals surface area contributed by atoms with Gasteiger partial charge in [-0.1, -0.05) is 12.2 Å². The van der Waals surface area contributed by atoms with Crippen molar-refractivity contribution >= 4 is 23.1 Å². The van der Waals surface area contributed by atoms with Crippen LogP contribution in [0.15, 0.2) is 24.3 Å². The highest BCUT2D eigenvalue weighted by molar-refractivity contribution is 7.80. The molecule has 0 heterocycles. The van der Waals surface area contributed by atoms with Gasteiger partial charge in [-0.15, -0.1) is 0 Å². The van der Waals surface area contributed by atoms with Crippen LogP contribution >= 0.6 is 12.2 Å². The average molecular weight is 288 g/mol. The van der Waals surface area contributed by atoms with Gasteiger partial charge in [-0.25, -0.2) is 0 Å². The molecule has 1 atom stereocenters. The number of carbonyl (C=O) groups excluding carboxylic acids is 1. The van der Waals surface area contributed by atoms with E-state index in [0.29, 0.717) is 17.0 Å². The third kappa shape index (κ3) is 5.60. The van der Waals surface area contributed by atoms with Gasteiger partial charge in [-0.3, -0.25) is 4.79 Å². The minimum absolute atomic E-state index is 0.00253. The SMILES string of the molecule is CC(CC(N)=S)NC(=O)c1ccc(OC(F)F)cc1. The number of nitrogens with two attached hydrogens (primary N) is 1. The van der Waals surface area contributed by atoms with E-state index in [9.17, 15) is 13.6 Å². The molecule has 4 nitrogen and oxygen atoms in total. The number of hydrogen-bond donors (Lipinski definition) is 2. The minimum atomic E-state index is -2.88. The van der Waals surface area contributed by atoms with Crippen LogP contribution in [0, 0.1) is 0 Å². The molecule has 0 aromatic heterocycles. The molecule has 0 saturated carbocycles. The zero-order chi connectivity index (χ0) is 14.4. The Labute approximate surface area is 114 Å². The molecule has 3 N–H and O–H groups in total. The van der Waals surface area contributed by atoms with Crippen LogP contribution in [-0.2, 0) is 0 Å². The van der Waals surface area contributed by atoms with Crippen molar-refractivity contribution < 1.29 is 18.3 Å². The molecule has 1 amide bonds. The van der Waals surface area contributed by atoms with E-state index in [1.165, 1.54) is 24.3 Å². The number of rotatable bonds is 6. The smallest absolute Gasteiger partial charge is 0.387 e. The van der Waals surface area contributed by atoms with Crippen molar-refractivity contribution in [2.45, 2.75) is 26.0 Å². The molecule has 19 heavy (non-hydrogen) atoms. The van der Waals surface area contributed by atoms with Gasteiger partial charge in [0.15, 0.2) is 0 Å². The predicted octanol–water partition coefficient (Wildman–Crippen LogP) is 2.08. The van der Waals surface area contributed by atoms with Crippen LogP contribution < -0.4 is 15.8 Å². The fraction of sp³-hybridized carbons (Fsp3) is 0.333. The lowest BCUT2D eigenvalue weighted by Crippen LogP contribution is -2.35. The number of benzene rings is 1. The van der Waals surface area contributed by atoms with Crippen LogP contribution in [-0.4, -0.2) is 23.5 Å². The zero-order valence-electron chi connectivity index (χ0n) is 10.2. The lowest BCUT2D eigenvalue weighted by molar-refractivity contribution is -0.0498. The zero-order valence-corrected chi connectivity index (χ0v) is 11.0. The summed E-state index contributed by atoms with van der Waals surface area (Å²) < 4.78 is 28.1. The van der Waals surface area contributed by atoms with Crippen molar-refractivity contribution in [3.8, 4) is 5.75 Å². The van der Waals surface area contributed by atoms with Crippen LogP contribution in [0.4, 0.5) is 8.78 Å². The van der Waals surface area contributed by atoms with Gasteiger partial charge in [0.05, 0.1) is 4.99 Å². The predicted molar refractivity (Wildman–Crippen MR) is 71.4 cm³/mol. The number of nitrogens with one attached hydrogen (secondary N) is 1. The molecular formula is C12H14F2N2O2S. The molecule has 0 fully saturated rings. The first kappa shape index (κ1) is 15.3. The Morgan fingerprint density at radius 3 is 2.47 bits per heavy atom. The van der Waals surface area contributed by atoms with Crippen LogP contribution in [0.3, 0.4) is 0 Å². The number of hydrogen-bond acceptors (Lipinski definition) is 3. The summed E-state index contributed by atoms with van der Waals surface area (Å²) in [6.07, 6.45) is 0.396. The van der Waals surface area contributed by atoms with Crippen molar-refractivity contribution in [3.63, 3.8) is 0 Å². The van der Waals surface area contributed by atoms with Gasteiger partial charge in [0.1, 0.15) is 5.75 Å². The molecule has 1 rings (SSSR count). The van der Waals surface area contributed by atoms with Gasteiger partial charge in [-0.05, 0) is 31.2 Å². The molecule has 0 saturated heterocycles. The maximum atomic E-state index is 11.9. The normalized spacial score (nSPS) is 12.0. The summed E-state index contributed by atoms with van der Waals surface area (Å²) >= 11 is 4.74. The summed E-state index contributed by atoms with van der Waals surface area (Å²) in [4.78, 5) is 12.1. The van der Waals surface area contributed by atoms with Gasteiger partial charge in [0.25, 0.3) is 5.91 Å². The fourth-order valence-electron chi connectivity index (χ4n) is 1.45. The van der Waals surface area contributed by atoms with Crippen molar-refractivity contribution in [2.24, 2.45) is 5.73 Å². The number of carbonyl (C=O) groups is 1. The second-order valence-electron chi connectivity index (χ2n) is 3.95. The van der Waals surface area contributed by atoms with E-state index < -0.39 is 6.61 Å². The van der Waals surface area contributed by atoms with Crippen LogP contribution in [0.1, 0.15) is 23.7 Å². The summed E-state index contributed by atoms with van der Waals surface area (Å²) in [5, 5.41) is 2.69. The van der Waals surface area contributed by atoms with Crippen LogP contribution in [0.5, 0.6) is 5.75 Å². The van der Waals surface area contributed by atoms with E-state index in [0.717, 1.165) is 0 Å². The number of alkyl halides is 2. The van der Waals surface area contributed by atoms with Crippen molar-refractivity contribution in [1.82, 2.24) is 5.32 Å². The Morgan fingerprint density at radius 1 is 1.42 bits per heavy atom. The third-order valence-corrected chi connectivity index (χ3v) is 2.39. The van der Waals surface area contributed by atoms with Crippen LogP contribution in [0.2, 0.25) is 0 Å². The number of halogens is 2. The average Bonchev–Trinajstić information content (AvgIpc) is 2.27. The van der Waals surface area contributed by atoms with Gasteiger partial charge in [-0.2, -0.15) is 8.78 Å². The first-order chi connectivity index (χ1) is 8.88. The molecule has 0 spiro atoms. The molecule has 1 aromatic carbocycles. The lowest BCUT2D eigenvalue weighted by atomic mass is 10.1. The highest BCUT2D eigenvalue weighted by Gasteiger charge is 2.11. The van der Waals surface area contributed by atoms with E-state index in [1.54, 1.807) is 6.92 Å². The highest BCUT2D eigenvalue weighted by Crippen LogP contribution is 2.14. The Morgan fingerprint density at radius 2 is 2.00 bits per heavy atom. The van der Waals surface area contributed by atoms with Gasteiger partial charge in [0.2, 0.25) is 0 Å². The third-order valence-electron chi connectivity index (χ3n) is 2.23. The second-order valence-corrected chi connectivity index (χ2v) is 4.47. The number of amides is 1. The van der Waals surface area contributed by atoms with Crippen LogP contribution in [0.25, 0.3) is 0 Å². The van der Waals surface area contributed by atoms with E-state index >= 15 is 0 Å². The van der Waals surface area contributed by atoms with Crippen molar-refractivity contribution in [1.29, 1.82) is 0 Å². The first-order valence-electron chi connectivity index (χ1n) is 5.52. The molecule has 0 bridgehead atoms. The highest BCUT2D eigenvalue weighted by atomic mass is 32.1. The molecule has 1 aromatic rings.